The van der Waals surface area contributed by atoms with E-state index in [9.17, 15) is 9.90 Å². The molecule has 1 amide bonds. The molecule has 2 rings (SSSR count). The highest BCUT2D eigenvalue weighted by molar-refractivity contribution is 5.95. The molecule has 0 bridgehead atoms. The van der Waals surface area contributed by atoms with Crippen LogP contribution in [0.3, 0.4) is 0 Å². The van der Waals surface area contributed by atoms with E-state index in [2.05, 4.69) is 4.98 Å². The normalized spacial score (nSPS) is 10.6. The SMILES string of the molecule is CC(C)C(=O)N(Cc1ccccn1)c1ccccc1O. The minimum absolute atomic E-state index is 0.0443. The summed E-state index contributed by atoms with van der Waals surface area (Å²) in [7, 11) is 0. The molecule has 0 unspecified atom stereocenters. The molecule has 4 nitrogen and oxygen atoms in total. The second-order valence-electron chi connectivity index (χ2n) is 4.89. The first-order valence-electron chi connectivity index (χ1n) is 6.59. The molecule has 0 aliphatic carbocycles. The Bertz CT molecular complexity index is 582. The van der Waals surface area contributed by atoms with Crippen molar-refractivity contribution in [1.29, 1.82) is 0 Å². The van der Waals surface area contributed by atoms with Crippen LogP contribution < -0.4 is 4.90 Å². The third-order valence-electron chi connectivity index (χ3n) is 2.98. The zero-order valence-electron chi connectivity index (χ0n) is 11.7. The second-order valence-corrected chi connectivity index (χ2v) is 4.89. The molecule has 104 valence electrons. The summed E-state index contributed by atoms with van der Waals surface area (Å²) in [6.07, 6.45) is 1.69. The van der Waals surface area contributed by atoms with Crippen molar-refractivity contribution in [2.45, 2.75) is 20.4 Å². The molecule has 0 aliphatic rings. The van der Waals surface area contributed by atoms with Crippen molar-refractivity contribution in [3.63, 3.8) is 0 Å². The smallest absolute Gasteiger partial charge is 0.230 e. The number of nitrogens with zero attached hydrogens (tertiary/aromatic N) is 2. The number of aromatic nitrogens is 1. The lowest BCUT2D eigenvalue weighted by Crippen LogP contribution is -2.34. The summed E-state index contributed by atoms with van der Waals surface area (Å²) in [4.78, 5) is 18.2. The molecule has 2 aromatic rings. The van der Waals surface area contributed by atoms with Gasteiger partial charge in [0, 0.05) is 12.1 Å². The van der Waals surface area contributed by atoms with Crippen molar-refractivity contribution in [3.05, 3.63) is 54.4 Å². The summed E-state index contributed by atoms with van der Waals surface area (Å²) in [5, 5.41) is 9.98. The number of benzene rings is 1. The number of rotatable bonds is 4. The standard InChI is InChI=1S/C16H18N2O2/c1-12(2)16(20)18(11-13-7-5-6-10-17-13)14-8-3-4-9-15(14)19/h3-10,12,19H,11H2,1-2H3. The van der Waals surface area contributed by atoms with Gasteiger partial charge in [0.1, 0.15) is 5.75 Å². The highest BCUT2D eigenvalue weighted by atomic mass is 16.3. The number of aromatic hydroxyl groups is 1. The minimum Gasteiger partial charge on any atom is -0.506 e. The number of phenolic OH excluding ortho intramolecular Hbond substituents is 1. The van der Waals surface area contributed by atoms with Gasteiger partial charge in [-0.2, -0.15) is 0 Å². The van der Waals surface area contributed by atoms with Crippen LogP contribution in [0.2, 0.25) is 0 Å². The van der Waals surface area contributed by atoms with E-state index >= 15 is 0 Å². The van der Waals surface area contributed by atoms with Gasteiger partial charge in [-0.25, -0.2) is 0 Å². The molecule has 0 fully saturated rings. The van der Waals surface area contributed by atoms with Crippen molar-refractivity contribution in [2.75, 3.05) is 4.90 Å². The fourth-order valence-corrected chi connectivity index (χ4v) is 1.94. The number of carbonyl (C=O) groups is 1. The number of hydrogen-bond donors (Lipinski definition) is 1. The monoisotopic (exact) mass is 270 g/mol. The van der Waals surface area contributed by atoms with Crippen LogP contribution in [0.5, 0.6) is 5.75 Å². The van der Waals surface area contributed by atoms with Crippen LogP contribution in [0, 0.1) is 5.92 Å². The third kappa shape index (κ3) is 3.15. The van der Waals surface area contributed by atoms with Gasteiger partial charge in [0.25, 0.3) is 0 Å². The highest BCUT2D eigenvalue weighted by Gasteiger charge is 2.21. The van der Waals surface area contributed by atoms with Crippen molar-refractivity contribution >= 4 is 11.6 Å². The molecule has 20 heavy (non-hydrogen) atoms. The molecule has 1 aromatic heterocycles. The van der Waals surface area contributed by atoms with E-state index in [1.165, 1.54) is 0 Å². The molecule has 0 atom stereocenters. The fourth-order valence-electron chi connectivity index (χ4n) is 1.94. The molecule has 0 aliphatic heterocycles. The molecule has 1 aromatic carbocycles. The van der Waals surface area contributed by atoms with Crippen LogP contribution in [0.4, 0.5) is 5.69 Å². The first-order valence-corrected chi connectivity index (χ1v) is 6.59. The Kier molecular flexibility index (Phi) is 4.35. The van der Waals surface area contributed by atoms with E-state index in [0.29, 0.717) is 12.2 Å². The molecule has 0 radical (unpaired) electrons. The maximum absolute atomic E-state index is 12.4. The summed E-state index contributed by atoms with van der Waals surface area (Å²) in [5.74, 6) is -0.104. The van der Waals surface area contributed by atoms with Crippen molar-refractivity contribution in [3.8, 4) is 5.75 Å². The Labute approximate surface area is 118 Å². The van der Waals surface area contributed by atoms with Crippen LogP contribution in [-0.4, -0.2) is 16.0 Å². The van der Waals surface area contributed by atoms with Crippen LogP contribution in [0.15, 0.2) is 48.7 Å². The van der Waals surface area contributed by atoms with Gasteiger partial charge in [0.05, 0.1) is 17.9 Å². The number of phenols is 1. The van der Waals surface area contributed by atoms with E-state index in [1.54, 1.807) is 35.4 Å². The van der Waals surface area contributed by atoms with Crippen molar-refractivity contribution in [1.82, 2.24) is 4.98 Å². The van der Waals surface area contributed by atoms with E-state index in [4.69, 9.17) is 0 Å². The largest absolute Gasteiger partial charge is 0.506 e. The van der Waals surface area contributed by atoms with Gasteiger partial charge in [0.2, 0.25) is 5.91 Å². The number of hydrogen-bond acceptors (Lipinski definition) is 3. The molecule has 0 spiro atoms. The summed E-state index contributed by atoms with van der Waals surface area (Å²) in [6.45, 7) is 4.02. The number of anilines is 1. The quantitative estimate of drug-likeness (QED) is 0.929. The van der Waals surface area contributed by atoms with E-state index in [-0.39, 0.29) is 17.6 Å². The lowest BCUT2D eigenvalue weighted by Gasteiger charge is -2.25. The first-order chi connectivity index (χ1) is 9.59. The van der Waals surface area contributed by atoms with Crippen LogP contribution in [0.1, 0.15) is 19.5 Å². The Balaban J connectivity index is 2.35. The van der Waals surface area contributed by atoms with Crippen molar-refractivity contribution < 1.29 is 9.90 Å². The lowest BCUT2D eigenvalue weighted by atomic mass is 10.1. The first kappa shape index (κ1) is 14.1. The number of amides is 1. The molecule has 1 N–H and O–H groups in total. The Morgan fingerprint density at radius 1 is 1.20 bits per heavy atom. The fraction of sp³-hybridized carbons (Fsp3) is 0.250. The summed E-state index contributed by atoms with van der Waals surface area (Å²) in [6, 6.07) is 12.4. The van der Waals surface area contributed by atoms with Gasteiger partial charge in [-0.05, 0) is 24.3 Å². The Morgan fingerprint density at radius 3 is 2.50 bits per heavy atom. The topological polar surface area (TPSA) is 53.4 Å². The van der Waals surface area contributed by atoms with Gasteiger partial charge in [-0.3, -0.25) is 9.78 Å². The third-order valence-corrected chi connectivity index (χ3v) is 2.98. The summed E-state index contributed by atoms with van der Waals surface area (Å²) >= 11 is 0. The van der Waals surface area contributed by atoms with Gasteiger partial charge in [0.15, 0.2) is 0 Å². The van der Waals surface area contributed by atoms with Gasteiger partial charge in [-0.1, -0.05) is 32.0 Å². The van der Waals surface area contributed by atoms with Gasteiger partial charge >= 0.3 is 0 Å². The summed E-state index contributed by atoms with van der Waals surface area (Å²) < 4.78 is 0. The zero-order valence-corrected chi connectivity index (χ0v) is 11.7. The number of pyridine rings is 1. The van der Waals surface area contributed by atoms with E-state index < -0.39 is 0 Å². The Hall–Kier alpha value is -2.36. The Morgan fingerprint density at radius 2 is 1.90 bits per heavy atom. The van der Waals surface area contributed by atoms with Crippen molar-refractivity contribution in [2.24, 2.45) is 5.92 Å². The van der Waals surface area contributed by atoms with Crippen LogP contribution in [0.25, 0.3) is 0 Å². The number of carbonyl (C=O) groups excluding carboxylic acids is 1. The van der Waals surface area contributed by atoms with Gasteiger partial charge in [-0.15, -0.1) is 0 Å². The predicted molar refractivity (Wildman–Crippen MR) is 78.4 cm³/mol. The molecule has 4 heteroatoms. The summed E-state index contributed by atoms with van der Waals surface area (Å²) in [5.41, 5.74) is 1.29. The van der Waals surface area contributed by atoms with Crippen LogP contribution >= 0.6 is 0 Å². The second kappa shape index (κ2) is 6.19. The zero-order chi connectivity index (χ0) is 14.5. The number of para-hydroxylation sites is 2. The molecular formula is C16H18N2O2. The maximum Gasteiger partial charge on any atom is 0.230 e. The minimum atomic E-state index is -0.154. The van der Waals surface area contributed by atoms with Gasteiger partial charge < -0.3 is 10.0 Å². The lowest BCUT2D eigenvalue weighted by molar-refractivity contribution is -0.121. The maximum atomic E-state index is 12.4. The average Bonchev–Trinajstić information content (AvgIpc) is 2.46. The highest BCUT2D eigenvalue weighted by Crippen LogP contribution is 2.28. The molecule has 0 saturated carbocycles. The van der Waals surface area contributed by atoms with E-state index in [0.717, 1.165) is 5.69 Å². The average molecular weight is 270 g/mol. The molecular weight excluding hydrogens is 252 g/mol. The molecule has 0 saturated heterocycles. The molecule has 1 heterocycles. The predicted octanol–water partition coefficient (Wildman–Crippen LogP) is 2.98. The van der Waals surface area contributed by atoms with E-state index in [1.807, 2.05) is 32.0 Å². The van der Waals surface area contributed by atoms with Crippen LogP contribution in [-0.2, 0) is 11.3 Å².